The molecule has 2 nitrogen and oxygen atoms in total. The van der Waals surface area contributed by atoms with Crippen LogP contribution in [0, 0.1) is 17.6 Å². The molecular weight excluding hydrogens is 258 g/mol. The summed E-state index contributed by atoms with van der Waals surface area (Å²) in [4.78, 5) is 2.41. The van der Waals surface area contributed by atoms with Crippen molar-refractivity contribution in [3.05, 3.63) is 35.4 Å². The van der Waals surface area contributed by atoms with E-state index in [0.717, 1.165) is 18.5 Å². The van der Waals surface area contributed by atoms with Crippen LogP contribution >= 0.6 is 0 Å². The van der Waals surface area contributed by atoms with Gasteiger partial charge in [0.05, 0.1) is 0 Å². The van der Waals surface area contributed by atoms with Crippen LogP contribution < -0.4 is 5.73 Å². The van der Waals surface area contributed by atoms with Crippen LogP contribution in [0.4, 0.5) is 8.78 Å². The maximum Gasteiger partial charge on any atom is 0.130 e. The number of halogens is 2. The van der Waals surface area contributed by atoms with Gasteiger partial charge in [0.15, 0.2) is 0 Å². The summed E-state index contributed by atoms with van der Waals surface area (Å²) in [5.74, 6) is -0.280. The molecule has 1 aromatic carbocycles. The Bertz CT molecular complexity index is 478. The van der Waals surface area contributed by atoms with Crippen molar-refractivity contribution >= 4 is 0 Å². The molecule has 2 N–H and O–H groups in total. The van der Waals surface area contributed by atoms with Gasteiger partial charge in [0.2, 0.25) is 0 Å². The van der Waals surface area contributed by atoms with Gasteiger partial charge in [0.1, 0.15) is 11.6 Å². The number of likely N-dealkylation sites (tertiary alicyclic amines) is 1. The molecule has 1 aromatic rings. The molecule has 0 spiro atoms. The van der Waals surface area contributed by atoms with Gasteiger partial charge >= 0.3 is 0 Å². The van der Waals surface area contributed by atoms with Gasteiger partial charge in [-0.15, -0.1) is 0 Å². The summed E-state index contributed by atoms with van der Waals surface area (Å²) in [5, 5.41) is 0. The summed E-state index contributed by atoms with van der Waals surface area (Å²) in [6, 6.07) is 3.92. The molecule has 1 saturated heterocycles. The van der Waals surface area contributed by atoms with E-state index in [1.54, 1.807) is 0 Å². The first kappa shape index (κ1) is 14.0. The molecule has 1 aliphatic heterocycles. The molecule has 1 saturated carbocycles. The van der Waals surface area contributed by atoms with Gasteiger partial charge in [-0.2, -0.15) is 0 Å². The van der Waals surface area contributed by atoms with Gasteiger partial charge in [-0.05, 0) is 37.8 Å². The molecule has 2 aliphatic rings. The Balaban J connectivity index is 1.68. The zero-order valence-corrected chi connectivity index (χ0v) is 11.7. The number of rotatable bonds is 3. The lowest BCUT2D eigenvalue weighted by atomic mass is 9.85. The summed E-state index contributed by atoms with van der Waals surface area (Å²) in [6.45, 7) is 1.73. The van der Waals surface area contributed by atoms with Crippen molar-refractivity contribution in [2.24, 2.45) is 11.7 Å². The third-order valence-electron chi connectivity index (χ3n) is 4.92. The van der Waals surface area contributed by atoms with Gasteiger partial charge < -0.3 is 5.73 Å². The molecule has 0 amide bonds. The lowest BCUT2D eigenvalue weighted by Crippen LogP contribution is -2.39. The minimum Gasteiger partial charge on any atom is -0.323 e. The zero-order chi connectivity index (χ0) is 14.1. The first-order chi connectivity index (χ1) is 9.65. The maximum absolute atomic E-state index is 13.8. The van der Waals surface area contributed by atoms with Gasteiger partial charge in [-0.25, -0.2) is 8.78 Å². The summed E-state index contributed by atoms with van der Waals surface area (Å²) >= 11 is 0. The molecule has 0 radical (unpaired) electrons. The van der Waals surface area contributed by atoms with E-state index in [9.17, 15) is 8.78 Å². The number of nitrogens with two attached hydrogens (primary N) is 1. The highest BCUT2D eigenvalue weighted by Crippen LogP contribution is 2.36. The Morgan fingerprint density at radius 3 is 2.80 bits per heavy atom. The van der Waals surface area contributed by atoms with E-state index >= 15 is 0 Å². The molecule has 2 fully saturated rings. The minimum absolute atomic E-state index is 0.378. The molecule has 110 valence electrons. The normalized spacial score (nSPS) is 28.4. The van der Waals surface area contributed by atoms with Crippen molar-refractivity contribution in [2.75, 3.05) is 13.1 Å². The van der Waals surface area contributed by atoms with Gasteiger partial charge in [0, 0.05) is 30.3 Å². The van der Waals surface area contributed by atoms with Crippen LogP contribution in [0.1, 0.15) is 43.7 Å². The molecule has 3 unspecified atom stereocenters. The number of hydrogen-bond acceptors (Lipinski definition) is 2. The van der Waals surface area contributed by atoms with Gasteiger partial charge in [-0.3, -0.25) is 4.90 Å². The quantitative estimate of drug-likeness (QED) is 0.921. The first-order valence-electron chi connectivity index (χ1n) is 7.59. The fourth-order valence-electron chi connectivity index (χ4n) is 3.88. The van der Waals surface area contributed by atoms with E-state index in [-0.39, 0.29) is 6.04 Å². The molecule has 0 bridgehead atoms. The van der Waals surface area contributed by atoms with E-state index < -0.39 is 11.6 Å². The lowest BCUT2D eigenvalue weighted by molar-refractivity contribution is 0.173. The Hall–Kier alpha value is -1.00. The molecule has 1 heterocycles. The lowest BCUT2D eigenvalue weighted by Gasteiger charge is -2.33. The molecule has 0 aromatic heterocycles. The largest absolute Gasteiger partial charge is 0.323 e. The number of benzene rings is 1. The molecule has 3 rings (SSSR count). The van der Waals surface area contributed by atoms with Crippen LogP contribution in [-0.2, 0) is 0 Å². The fraction of sp³-hybridized carbons (Fsp3) is 0.625. The van der Waals surface area contributed by atoms with E-state index in [2.05, 4.69) is 4.90 Å². The van der Waals surface area contributed by atoms with Crippen molar-refractivity contribution < 1.29 is 8.78 Å². The van der Waals surface area contributed by atoms with Gasteiger partial charge in [0.25, 0.3) is 0 Å². The SMILES string of the molecule is NC(CN1CCC2CCCCC21)c1ccc(F)cc1F. The second-order valence-corrected chi connectivity index (χ2v) is 6.17. The molecule has 3 atom stereocenters. The van der Waals surface area contributed by atoms with E-state index in [1.165, 1.54) is 44.2 Å². The Morgan fingerprint density at radius 1 is 1.20 bits per heavy atom. The smallest absolute Gasteiger partial charge is 0.130 e. The highest BCUT2D eigenvalue weighted by molar-refractivity contribution is 5.22. The van der Waals surface area contributed by atoms with Crippen molar-refractivity contribution in [1.82, 2.24) is 4.90 Å². The number of nitrogens with zero attached hydrogens (tertiary/aromatic N) is 1. The predicted octanol–water partition coefficient (Wildman–Crippen LogP) is 3.23. The van der Waals surface area contributed by atoms with Crippen molar-refractivity contribution in [1.29, 1.82) is 0 Å². The molecular formula is C16H22F2N2. The van der Waals surface area contributed by atoms with E-state index in [1.807, 2.05) is 0 Å². The topological polar surface area (TPSA) is 29.3 Å². The van der Waals surface area contributed by atoms with E-state index in [4.69, 9.17) is 5.73 Å². The second kappa shape index (κ2) is 5.78. The van der Waals surface area contributed by atoms with Crippen LogP contribution in [0.15, 0.2) is 18.2 Å². The third-order valence-corrected chi connectivity index (χ3v) is 4.92. The van der Waals surface area contributed by atoms with Crippen LogP contribution in [0.3, 0.4) is 0 Å². The Labute approximate surface area is 118 Å². The summed E-state index contributed by atoms with van der Waals surface area (Å²) in [6.07, 6.45) is 6.43. The third kappa shape index (κ3) is 2.72. The first-order valence-corrected chi connectivity index (χ1v) is 7.59. The van der Waals surface area contributed by atoms with E-state index in [0.29, 0.717) is 18.2 Å². The molecule has 1 aliphatic carbocycles. The van der Waals surface area contributed by atoms with Crippen molar-refractivity contribution in [2.45, 2.75) is 44.2 Å². The minimum atomic E-state index is -0.549. The van der Waals surface area contributed by atoms with Crippen LogP contribution in [0.2, 0.25) is 0 Å². The highest BCUT2D eigenvalue weighted by atomic mass is 19.1. The van der Waals surface area contributed by atoms with Crippen LogP contribution in [-0.4, -0.2) is 24.0 Å². The second-order valence-electron chi connectivity index (χ2n) is 6.17. The summed E-state index contributed by atoms with van der Waals surface area (Å²) in [7, 11) is 0. The average Bonchev–Trinajstić information content (AvgIpc) is 2.82. The summed E-state index contributed by atoms with van der Waals surface area (Å²) in [5.41, 5.74) is 6.57. The average molecular weight is 280 g/mol. The Kier molecular flexibility index (Phi) is 4.03. The van der Waals surface area contributed by atoms with Crippen LogP contribution in [0.25, 0.3) is 0 Å². The standard InChI is InChI=1S/C16H22F2N2/c17-12-5-6-13(14(18)9-12)15(19)10-20-8-7-11-3-1-2-4-16(11)20/h5-6,9,11,15-16H,1-4,7-8,10,19H2. The van der Waals surface area contributed by atoms with Crippen molar-refractivity contribution in [3.63, 3.8) is 0 Å². The van der Waals surface area contributed by atoms with Crippen molar-refractivity contribution in [3.8, 4) is 0 Å². The van der Waals surface area contributed by atoms with Gasteiger partial charge in [-0.1, -0.05) is 18.9 Å². The maximum atomic E-state index is 13.8. The Morgan fingerprint density at radius 2 is 2.00 bits per heavy atom. The fourth-order valence-corrected chi connectivity index (χ4v) is 3.88. The highest BCUT2D eigenvalue weighted by Gasteiger charge is 2.36. The molecule has 4 heteroatoms. The zero-order valence-electron chi connectivity index (χ0n) is 11.7. The van der Waals surface area contributed by atoms with Crippen LogP contribution in [0.5, 0.6) is 0 Å². The number of fused-ring (bicyclic) bond motifs is 1. The predicted molar refractivity (Wildman–Crippen MR) is 75.2 cm³/mol. The number of hydrogen-bond donors (Lipinski definition) is 1. The molecule has 20 heavy (non-hydrogen) atoms. The summed E-state index contributed by atoms with van der Waals surface area (Å²) < 4.78 is 26.7. The monoisotopic (exact) mass is 280 g/mol.